The summed E-state index contributed by atoms with van der Waals surface area (Å²) in [6.07, 6.45) is 5.12. The van der Waals surface area contributed by atoms with Crippen molar-refractivity contribution in [2.24, 2.45) is 0 Å². The Morgan fingerprint density at radius 3 is 2.63 bits per heavy atom. The largest absolute Gasteiger partial charge is 0.507 e. The van der Waals surface area contributed by atoms with E-state index in [2.05, 4.69) is 9.97 Å². The van der Waals surface area contributed by atoms with E-state index in [1.54, 1.807) is 17.0 Å². The van der Waals surface area contributed by atoms with Gasteiger partial charge in [0.1, 0.15) is 17.3 Å². The Morgan fingerprint density at radius 2 is 1.93 bits per heavy atom. The Kier molecular flexibility index (Phi) is 4.93. The molecule has 8 heteroatoms. The first-order chi connectivity index (χ1) is 12.8. The first-order valence-electron chi connectivity index (χ1n) is 8.25. The number of carbonyl (C=O) groups is 1. The van der Waals surface area contributed by atoms with Crippen LogP contribution in [-0.2, 0) is 5.97 Å². The van der Waals surface area contributed by atoms with Gasteiger partial charge in [-0.3, -0.25) is 9.36 Å². The Bertz CT molecular complexity index is 965. The summed E-state index contributed by atoms with van der Waals surface area (Å²) in [5, 5.41) is 31.0. The minimum atomic E-state index is -2.81. The lowest BCUT2D eigenvalue weighted by Gasteiger charge is -2.26. The van der Waals surface area contributed by atoms with E-state index in [0.717, 1.165) is 0 Å². The van der Waals surface area contributed by atoms with Crippen molar-refractivity contribution >= 4 is 6.29 Å². The van der Waals surface area contributed by atoms with Crippen LogP contribution in [0.2, 0.25) is 0 Å². The number of aromatic hydroxyl groups is 1. The van der Waals surface area contributed by atoms with Gasteiger partial charge in [0.05, 0.1) is 11.1 Å². The summed E-state index contributed by atoms with van der Waals surface area (Å²) in [6, 6.07) is 7.03. The summed E-state index contributed by atoms with van der Waals surface area (Å²) in [6.45, 7) is 3.90. The van der Waals surface area contributed by atoms with E-state index in [1.807, 2.05) is 13.8 Å². The maximum Gasteiger partial charge on any atom is 0.355 e. The van der Waals surface area contributed by atoms with E-state index >= 15 is 0 Å². The number of carbonyl (C=O) groups excluding carboxylic acids is 1. The summed E-state index contributed by atoms with van der Waals surface area (Å²) in [4.78, 5) is 19.7. The van der Waals surface area contributed by atoms with E-state index in [1.165, 1.54) is 36.5 Å². The van der Waals surface area contributed by atoms with Crippen molar-refractivity contribution in [1.82, 2.24) is 14.5 Å². The van der Waals surface area contributed by atoms with Crippen molar-refractivity contribution in [2.45, 2.75) is 25.7 Å². The lowest BCUT2D eigenvalue weighted by atomic mass is 10.1. The molecule has 0 aliphatic rings. The van der Waals surface area contributed by atoms with Crippen LogP contribution in [0.3, 0.4) is 0 Å². The number of aromatic nitrogens is 3. The van der Waals surface area contributed by atoms with E-state index in [-0.39, 0.29) is 34.4 Å². The molecule has 27 heavy (non-hydrogen) atoms. The quantitative estimate of drug-likeness (QED) is 0.450. The third kappa shape index (κ3) is 3.53. The van der Waals surface area contributed by atoms with Gasteiger partial charge in [-0.25, -0.2) is 9.97 Å². The number of aliphatic hydroxyl groups is 2. The fraction of sp³-hybridized carbons (Fsp3) is 0.211. The second-order valence-electron chi connectivity index (χ2n) is 6.20. The van der Waals surface area contributed by atoms with E-state index in [9.17, 15) is 20.1 Å². The second kappa shape index (κ2) is 7.18. The number of imidazole rings is 1. The fourth-order valence-corrected chi connectivity index (χ4v) is 2.71. The molecule has 0 bridgehead atoms. The molecule has 0 amide bonds. The van der Waals surface area contributed by atoms with Crippen LogP contribution in [-0.4, -0.2) is 36.1 Å². The van der Waals surface area contributed by atoms with Gasteiger partial charge in [0, 0.05) is 24.5 Å². The molecule has 0 unspecified atom stereocenters. The van der Waals surface area contributed by atoms with Crippen molar-refractivity contribution in [1.29, 1.82) is 0 Å². The molecule has 3 rings (SSSR count). The SMILES string of the molecule is CC(C)c1nccn1-c1ncccc1C(O)(O)Oc1cccc(O)c1C=O. The number of phenolic OH excluding ortho intramolecular Hbond substituents is 1. The third-order valence-corrected chi connectivity index (χ3v) is 3.96. The lowest BCUT2D eigenvalue weighted by Crippen LogP contribution is -2.34. The predicted molar refractivity (Wildman–Crippen MR) is 95.7 cm³/mol. The van der Waals surface area contributed by atoms with Crippen molar-refractivity contribution in [3.63, 3.8) is 0 Å². The number of phenols is 1. The van der Waals surface area contributed by atoms with Crippen LogP contribution >= 0.6 is 0 Å². The molecule has 140 valence electrons. The van der Waals surface area contributed by atoms with Crippen LogP contribution in [0.15, 0.2) is 48.9 Å². The van der Waals surface area contributed by atoms with Crippen molar-refractivity contribution < 1.29 is 24.9 Å². The van der Waals surface area contributed by atoms with Crippen molar-refractivity contribution in [3.05, 3.63) is 65.9 Å². The molecule has 2 heterocycles. The van der Waals surface area contributed by atoms with Gasteiger partial charge in [-0.1, -0.05) is 19.9 Å². The maximum atomic E-state index is 11.2. The number of nitrogens with zero attached hydrogens (tertiary/aromatic N) is 3. The second-order valence-corrected chi connectivity index (χ2v) is 6.20. The van der Waals surface area contributed by atoms with Gasteiger partial charge in [0.2, 0.25) is 0 Å². The Hall–Kier alpha value is -3.23. The highest BCUT2D eigenvalue weighted by Gasteiger charge is 2.34. The van der Waals surface area contributed by atoms with Gasteiger partial charge < -0.3 is 20.1 Å². The molecule has 0 saturated heterocycles. The molecule has 0 aliphatic carbocycles. The van der Waals surface area contributed by atoms with Crippen LogP contribution < -0.4 is 4.74 Å². The summed E-state index contributed by atoms with van der Waals surface area (Å²) in [7, 11) is 0. The topological polar surface area (TPSA) is 118 Å². The molecule has 1 aromatic carbocycles. The number of hydrogen-bond acceptors (Lipinski definition) is 7. The third-order valence-electron chi connectivity index (χ3n) is 3.96. The van der Waals surface area contributed by atoms with E-state index in [4.69, 9.17) is 4.74 Å². The molecule has 2 aromatic heterocycles. The Labute approximate surface area is 155 Å². The summed E-state index contributed by atoms with van der Waals surface area (Å²) >= 11 is 0. The average molecular weight is 369 g/mol. The molecule has 0 atom stereocenters. The van der Waals surface area contributed by atoms with Crippen LogP contribution in [0, 0.1) is 0 Å². The first kappa shape index (κ1) is 18.6. The highest BCUT2D eigenvalue weighted by Crippen LogP contribution is 2.32. The summed E-state index contributed by atoms with van der Waals surface area (Å²) < 4.78 is 6.91. The zero-order valence-electron chi connectivity index (χ0n) is 14.8. The smallest absolute Gasteiger partial charge is 0.355 e. The molecular weight excluding hydrogens is 350 g/mol. The molecule has 3 N–H and O–H groups in total. The number of benzene rings is 1. The highest BCUT2D eigenvalue weighted by molar-refractivity contribution is 5.83. The Morgan fingerprint density at radius 1 is 1.15 bits per heavy atom. The van der Waals surface area contributed by atoms with Crippen LogP contribution in [0.5, 0.6) is 11.5 Å². The van der Waals surface area contributed by atoms with Gasteiger partial charge >= 0.3 is 5.97 Å². The molecule has 0 fully saturated rings. The van der Waals surface area contributed by atoms with Gasteiger partial charge in [0.25, 0.3) is 0 Å². The number of pyridine rings is 1. The van der Waals surface area contributed by atoms with Crippen LogP contribution in [0.25, 0.3) is 5.82 Å². The van der Waals surface area contributed by atoms with E-state index < -0.39 is 5.97 Å². The van der Waals surface area contributed by atoms with Gasteiger partial charge in [-0.2, -0.15) is 0 Å². The number of ether oxygens (including phenoxy) is 1. The number of aldehydes is 1. The van der Waals surface area contributed by atoms with Crippen LogP contribution in [0.4, 0.5) is 0 Å². The first-order valence-corrected chi connectivity index (χ1v) is 8.25. The predicted octanol–water partition coefficient (Wildman–Crippen LogP) is 2.08. The maximum absolute atomic E-state index is 11.2. The molecule has 0 aliphatic heterocycles. The normalized spacial score (nSPS) is 11.6. The molecular formula is C19H19N3O5. The molecule has 0 saturated carbocycles. The number of hydrogen-bond donors (Lipinski definition) is 3. The molecule has 0 spiro atoms. The minimum absolute atomic E-state index is 0.0508. The summed E-state index contributed by atoms with van der Waals surface area (Å²) in [5.74, 6) is -2.36. The van der Waals surface area contributed by atoms with Crippen molar-refractivity contribution in [2.75, 3.05) is 0 Å². The summed E-state index contributed by atoms with van der Waals surface area (Å²) in [5.41, 5.74) is -0.244. The average Bonchev–Trinajstić information content (AvgIpc) is 3.11. The zero-order chi connectivity index (χ0) is 19.6. The molecule has 0 radical (unpaired) electrons. The lowest BCUT2D eigenvalue weighted by molar-refractivity contribution is -0.304. The van der Waals surface area contributed by atoms with E-state index in [0.29, 0.717) is 12.1 Å². The highest BCUT2D eigenvalue weighted by atomic mass is 16.8. The zero-order valence-corrected chi connectivity index (χ0v) is 14.8. The van der Waals surface area contributed by atoms with Crippen LogP contribution in [0.1, 0.15) is 41.5 Å². The number of rotatable bonds is 6. The van der Waals surface area contributed by atoms with Gasteiger partial charge in [0.15, 0.2) is 12.1 Å². The Balaban J connectivity index is 2.08. The molecule has 3 aromatic rings. The monoisotopic (exact) mass is 369 g/mol. The standard InChI is InChI=1S/C19H19N3O5/c1-12(2)17-21-9-10-22(17)18-14(5-4-8-20-18)19(25,26)27-16-7-3-6-15(24)13(16)11-23/h3-12,24-26H,1-2H3. The molecule has 8 nitrogen and oxygen atoms in total. The van der Waals surface area contributed by atoms with Crippen molar-refractivity contribution in [3.8, 4) is 17.3 Å². The fourth-order valence-electron chi connectivity index (χ4n) is 2.71. The minimum Gasteiger partial charge on any atom is -0.507 e. The van der Waals surface area contributed by atoms with Gasteiger partial charge in [-0.15, -0.1) is 0 Å². The van der Waals surface area contributed by atoms with Gasteiger partial charge in [-0.05, 0) is 24.3 Å².